The third-order valence-electron chi connectivity index (χ3n) is 1.55. The lowest BCUT2D eigenvalue weighted by molar-refractivity contribution is -0.128. The highest BCUT2D eigenvalue weighted by molar-refractivity contribution is 6.03. The monoisotopic (exact) mass is 191 g/mol. The fourth-order valence-corrected chi connectivity index (χ4v) is 0.930. The van der Waals surface area contributed by atoms with Gasteiger partial charge in [-0.3, -0.25) is 9.59 Å². The van der Waals surface area contributed by atoms with Crippen LogP contribution in [0, 0.1) is 0 Å². The number of hydrogen-bond acceptors (Lipinski definition) is 4. The van der Waals surface area contributed by atoms with Gasteiger partial charge in [-0.1, -0.05) is 35.5 Å². The van der Waals surface area contributed by atoms with Crippen LogP contribution in [0.25, 0.3) is 0 Å². The van der Waals surface area contributed by atoms with Gasteiger partial charge >= 0.3 is 6.47 Å². The maximum atomic E-state index is 11.4. The molecule has 0 saturated heterocycles. The summed E-state index contributed by atoms with van der Waals surface area (Å²) in [5.41, 5.74) is 0.616. The van der Waals surface area contributed by atoms with Crippen molar-refractivity contribution in [2.75, 3.05) is 0 Å². The van der Waals surface area contributed by atoms with Crippen molar-refractivity contribution in [3.05, 3.63) is 35.9 Å². The van der Waals surface area contributed by atoms with Crippen LogP contribution < -0.4 is 0 Å². The molecule has 0 aliphatic carbocycles. The molecule has 0 amide bonds. The van der Waals surface area contributed by atoms with E-state index in [0.29, 0.717) is 5.56 Å². The van der Waals surface area contributed by atoms with E-state index in [1.165, 1.54) is 6.21 Å². The Balaban J connectivity index is 2.47. The van der Waals surface area contributed by atoms with E-state index in [9.17, 15) is 9.59 Å². The highest BCUT2D eigenvalue weighted by Crippen LogP contribution is 2.01. The predicted octanol–water partition coefficient (Wildman–Crippen LogP) is 1.42. The van der Waals surface area contributed by atoms with Crippen molar-refractivity contribution in [3.8, 4) is 0 Å². The molecule has 0 spiro atoms. The van der Waals surface area contributed by atoms with Crippen LogP contribution >= 0.6 is 0 Å². The Morgan fingerprint density at radius 3 is 2.71 bits per heavy atom. The zero-order chi connectivity index (χ0) is 10.2. The van der Waals surface area contributed by atoms with Crippen LogP contribution in [0.1, 0.15) is 16.8 Å². The predicted molar refractivity (Wildman–Crippen MR) is 51.0 cm³/mol. The average molecular weight is 191 g/mol. The van der Waals surface area contributed by atoms with Crippen LogP contribution in [-0.2, 0) is 9.63 Å². The van der Waals surface area contributed by atoms with Gasteiger partial charge in [0.2, 0.25) is 0 Å². The first kappa shape index (κ1) is 10.1. The highest BCUT2D eigenvalue weighted by atomic mass is 16.7. The first-order valence-electron chi connectivity index (χ1n) is 4.04. The van der Waals surface area contributed by atoms with Crippen LogP contribution in [0.2, 0.25) is 0 Å². The smallest absolute Gasteiger partial charge is 0.322 e. The van der Waals surface area contributed by atoms with Gasteiger partial charge in [0.25, 0.3) is 0 Å². The minimum atomic E-state index is -0.0659. The summed E-state index contributed by atoms with van der Waals surface area (Å²) >= 11 is 0. The van der Waals surface area contributed by atoms with Gasteiger partial charge in [0.1, 0.15) is 0 Å². The topological polar surface area (TPSA) is 55.7 Å². The summed E-state index contributed by atoms with van der Waals surface area (Å²) < 4.78 is 0. The van der Waals surface area contributed by atoms with Gasteiger partial charge in [0.15, 0.2) is 5.78 Å². The van der Waals surface area contributed by atoms with E-state index < -0.39 is 0 Å². The number of oxime groups is 1. The van der Waals surface area contributed by atoms with Gasteiger partial charge < -0.3 is 4.84 Å². The largest absolute Gasteiger partial charge is 0.323 e. The summed E-state index contributed by atoms with van der Waals surface area (Å²) in [6.07, 6.45) is 1.38. The molecule has 0 N–H and O–H groups in total. The summed E-state index contributed by atoms with van der Waals surface area (Å²) in [5, 5.41) is 3.24. The summed E-state index contributed by atoms with van der Waals surface area (Å²) in [6.45, 7) is 0.198. The second-order valence-electron chi connectivity index (χ2n) is 2.48. The second-order valence-corrected chi connectivity index (χ2v) is 2.48. The molecule has 0 bridgehead atoms. The van der Waals surface area contributed by atoms with Crippen LogP contribution in [0.4, 0.5) is 0 Å². The Morgan fingerprint density at radius 1 is 1.36 bits per heavy atom. The van der Waals surface area contributed by atoms with Gasteiger partial charge in [-0.05, 0) is 0 Å². The summed E-state index contributed by atoms with van der Waals surface area (Å²) in [5.74, 6) is -0.0659. The molecule has 0 aromatic heterocycles. The minimum absolute atomic E-state index is 0.0659. The summed E-state index contributed by atoms with van der Waals surface area (Å²) in [4.78, 5) is 25.1. The van der Waals surface area contributed by atoms with Crippen molar-refractivity contribution >= 4 is 18.5 Å². The van der Waals surface area contributed by atoms with E-state index in [1.54, 1.807) is 24.3 Å². The summed E-state index contributed by atoms with van der Waals surface area (Å²) in [7, 11) is 0. The van der Waals surface area contributed by atoms with Crippen molar-refractivity contribution in [2.45, 2.75) is 6.42 Å². The van der Waals surface area contributed by atoms with Gasteiger partial charge in [-0.15, -0.1) is 0 Å². The Kier molecular flexibility index (Phi) is 4.07. The number of Topliss-reactive ketones (excluding diaryl/α,β-unsaturated/α-hetero) is 1. The number of rotatable bonds is 5. The van der Waals surface area contributed by atoms with E-state index in [-0.39, 0.29) is 18.7 Å². The average Bonchev–Trinajstić information content (AvgIpc) is 2.25. The molecule has 0 atom stereocenters. The van der Waals surface area contributed by atoms with Gasteiger partial charge in [-0.2, -0.15) is 0 Å². The van der Waals surface area contributed by atoms with Gasteiger partial charge in [-0.25, -0.2) is 0 Å². The second kappa shape index (κ2) is 5.64. The molecule has 0 aliphatic rings. The molecule has 0 radical (unpaired) electrons. The molecule has 0 unspecified atom stereocenters. The molecule has 0 aliphatic heterocycles. The van der Waals surface area contributed by atoms with E-state index in [1.807, 2.05) is 6.07 Å². The van der Waals surface area contributed by atoms with Crippen molar-refractivity contribution in [3.63, 3.8) is 0 Å². The molecule has 0 fully saturated rings. The fraction of sp³-hybridized carbons (Fsp3) is 0.100. The van der Waals surface area contributed by atoms with E-state index in [0.717, 1.165) is 0 Å². The van der Waals surface area contributed by atoms with Crippen LogP contribution in [0.5, 0.6) is 0 Å². The third-order valence-corrected chi connectivity index (χ3v) is 1.55. The molecule has 0 heterocycles. The molecule has 1 aromatic carbocycles. The standard InChI is InChI=1S/C10H9NO3/c12-8-14-11-7-6-10(13)9-4-2-1-3-5-9/h1-5,7-8H,6H2. The van der Waals surface area contributed by atoms with Crippen LogP contribution in [0.15, 0.2) is 35.5 Å². The normalized spacial score (nSPS) is 10.0. The number of ketones is 1. The number of benzene rings is 1. The zero-order valence-corrected chi connectivity index (χ0v) is 7.42. The Morgan fingerprint density at radius 2 is 2.07 bits per heavy atom. The van der Waals surface area contributed by atoms with Gasteiger partial charge in [0, 0.05) is 12.0 Å². The first-order valence-corrected chi connectivity index (χ1v) is 4.04. The molecule has 0 saturated carbocycles. The molecule has 1 rings (SSSR count). The van der Waals surface area contributed by atoms with E-state index in [2.05, 4.69) is 9.99 Å². The molecular formula is C10H9NO3. The molecular weight excluding hydrogens is 182 g/mol. The minimum Gasteiger partial charge on any atom is -0.322 e. The number of carbonyl (C=O) groups excluding carboxylic acids is 2. The lowest BCUT2D eigenvalue weighted by Crippen LogP contribution is -1.98. The molecule has 1 aromatic rings. The van der Waals surface area contributed by atoms with Crippen molar-refractivity contribution in [1.29, 1.82) is 0 Å². The van der Waals surface area contributed by atoms with Crippen molar-refractivity contribution in [1.82, 2.24) is 0 Å². The highest BCUT2D eigenvalue weighted by Gasteiger charge is 2.01. The Labute approximate surface area is 81.2 Å². The summed E-state index contributed by atoms with van der Waals surface area (Å²) in [6, 6.07) is 8.84. The van der Waals surface area contributed by atoms with E-state index in [4.69, 9.17) is 0 Å². The van der Waals surface area contributed by atoms with E-state index >= 15 is 0 Å². The maximum Gasteiger partial charge on any atom is 0.323 e. The molecule has 72 valence electrons. The third kappa shape index (κ3) is 3.18. The zero-order valence-electron chi connectivity index (χ0n) is 7.42. The lowest BCUT2D eigenvalue weighted by Gasteiger charge is -1.94. The van der Waals surface area contributed by atoms with Crippen LogP contribution in [0.3, 0.4) is 0 Å². The fourth-order valence-electron chi connectivity index (χ4n) is 0.930. The van der Waals surface area contributed by atoms with Crippen LogP contribution in [-0.4, -0.2) is 18.5 Å². The number of nitrogens with zero attached hydrogens (tertiary/aromatic N) is 1. The SMILES string of the molecule is O=CON=CCC(=O)c1ccccc1. The Bertz CT molecular complexity index is 332. The number of carbonyl (C=O) groups is 2. The quantitative estimate of drug-likeness (QED) is 0.232. The van der Waals surface area contributed by atoms with Crippen molar-refractivity contribution < 1.29 is 14.4 Å². The van der Waals surface area contributed by atoms with Gasteiger partial charge in [0.05, 0.1) is 6.21 Å². The first-order chi connectivity index (χ1) is 6.84. The Hall–Kier alpha value is -1.97. The van der Waals surface area contributed by atoms with Crippen molar-refractivity contribution in [2.24, 2.45) is 5.16 Å². The molecule has 4 nitrogen and oxygen atoms in total. The molecule has 4 heteroatoms. The number of hydrogen-bond donors (Lipinski definition) is 0. The molecule has 14 heavy (non-hydrogen) atoms. The maximum absolute atomic E-state index is 11.4. The lowest BCUT2D eigenvalue weighted by atomic mass is 10.1.